The minimum atomic E-state index is -0.118. The van der Waals surface area contributed by atoms with Crippen molar-refractivity contribution in [2.75, 3.05) is 4.90 Å². The van der Waals surface area contributed by atoms with E-state index in [2.05, 4.69) is 219 Å². The van der Waals surface area contributed by atoms with Crippen LogP contribution in [0.4, 0.5) is 17.1 Å². The maximum atomic E-state index is 2.46. The molecule has 0 unspecified atom stereocenters. The molecule has 0 heterocycles. The summed E-state index contributed by atoms with van der Waals surface area (Å²) in [5, 5.41) is 5.00. The lowest BCUT2D eigenvalue weighted by Gasteiger charge is -2.30. The zero-order chi connectivity index (χ0) is 36.2. The number of hydrogen-bond acceptors (Lipinski definition) is 1. The van der Waals surface area contributed by atoms with Crippen molar-refractivity contribution in [3.8, 4) is 44.5 Å². The van der Waals surface area contributed by atoms with Gasteiger partial charge in [0.05, 0.1) is 5.69 Å². The summed E-state index contributed by atoms with van der Waals surface area (Å²) < 4.78 is 0. The first-order valence-electron chi connectivity index (χ1n) is 18.8. The normalized spacial score (nSPS) is 12.8. The van der Waals surface area contributed by atoms with Crippen molar-refractivity contribution in [3.05, 3.63) is 211 Å². The van der Waals surface area contributed by atoms with Gasteiger partial charge in [-0.15, -0.1) is 0 Å². The average molecular weight is 690 g/mol. The summed E-state index contributed by atoms with van der Waals surface area (Å²) in [6.07, 6.45) is 0. The molecular weight excluding hydrogens is 651 g/mol. The highest BCUT2D eigenvalue weighted by atomic mass is 15.1. The molecule has 9 aromatic rings. The Bertz CT molecular complexity index is 2840. The predicted molar refractivity (Wildman–Crippen MR) is 230 cm³/mol. The number of rotatable bonds is 6. The molecule has 1 aliphatic rings. The standard InChI is InChI=1S/C53H39N/c1-53(2)49-24-10-8-20-45(49)46-33-32-43(35-50(46)53)54(42-30-28-37(29-31-42)41-27-26-36-14-6-7-17-40(36)34-41)51-25-11-9-21-47(51)48-23-13-19-39-18-12-22-44(52(39)48)38-15-4-3-5-16-38/h3-35H,1-2H3. The van der Waals surface area contributed by atoms with Gasteiger partial charge in [-0.2, -0.15) is 0 Å². The lowest BCUT2D eigenvalue weighted by Crippen LogP contribution is -2.16. The maximum absolute atomic E-state index is 2.46. The molecule has 1 heteroatoms. The minimum Gasteiger partial charge on any atom is -0.310 e. The summed E-state index contributed by atoms with van der Waals surface area (Å²) in [7, 11) is 0. The van der Waals surface area contributed by atoms with Gasteiger partial charge >= 0.3 is 0 Å². The molecule has 1 nitrogen and oxygen atoms in total. The van der Waals surface area contributed by atoms with Crippen LogP contribution in [-0.2, 0) is 5.41 Å². The summed E-state index contributed by atoms with van der Waals surface area (Å²) in [6.45, 7) is 4.72. The van der Waals surface area contributed by atoms with Crippen LogP contribution < -0.4 is 4.90 Å². The third kappa shape index (κ3) is 5.24. The molecule has 0 saturated heterocycles. The van der Waals surface area contributed by atoms with Gasteiger partial charge in [0.25, 0.3) is 0 Å². The van der Waals surface area contributed by atoms with Gasteiger partial charge in [-0.05, 0) is 108 Å². The molecule has 0 spiro atoms. The van der Waals surface area contributed by atoms with Gasteiger partial charge in [0.2, 0.25) is 0 Å². The summed E-state index contributed by atoms with van der Waals surface area (Å²) in [4.78, 5) is 2.46. The van der Waals surface area contributed by atoms with Crippen LogP contribution in [0.2, 0.25) is 0 Å². The monoisotopic (exact) mass is 689 g/mol. The largest absolute Gasteiger partial charge is 0.310 e. The molecule has 0 atom stereocenters. The minimum absolute atomic E-state index is 0.118. The second-order valence-corrected chi connectivity index (χ2v) is 14.9. The fraction of sp³-hybridized carbons (Fsp3) is 0.0566. The molecule has 0 saturated carbocycles. The van der Waals surface area contributed by atoms with Crippen LogP contribution in [0.3, 0.4) is 0 Å². The van der Waals surface area contributed by atoms with Crippen molar-refractivity contribution in [2.24, 2.45) is 0 Å². The first-order chi connectivity index (χ1) is 26.5. The highest BCUT2D eigenvalue weighted by Crippen LogP contribution is 2.51. The van der Waals surface area contributed by atoms with E-state index in [1.165, 1.54) is 77.2 Å². The summed E-state index contributed by atoms with van der Waals surface area (Å²) in [5.41, 5.74) is 15.9. The highest BCUT2D eigenvalue weighted by Gasteiger charge is 2.36. The Morgan fingerprint density at radius 3 is 1.74 bits per heavy atom. The van der Waals surface area contributed by atoms with E-state index >= 15 is 0 Å². The molecule has 0 bridgehead atoms. The van der Waals surface area contributed by atoms with E-state index in [1.807, 2.05) is 0 Å². The third-order valence-corrected chi connectivity index (χ3v) is 11.5. The van der Waals surface area contributed by atoms with E-state index in [1.54, 1.807) is 0 Å². The van der Waals surface area contributed by atoms with Crippen LogP contribution in [0, 0.1) is 0 Å². The lowest BCUT2D eigenvalue weighted by atomic mass is 9.82. The molecule has 0 N–H and O–H groups in total. The Hall–Kier alpha value is -6.70. The van der Waals surface area contributed by atoms with Crippen molar-refractivity contribution in [3.63, 3.8) is 0 Å². The van der Waals surface area contributed by atoms with E-state index < -0.39 is 0 Å². The Kier molecular flexibility index (Phi) is 7.56. The topological polar surface area (TPSA) is 3.24 Å². The van der Waals surface area contributed by atoms with E-state index in [-0.39, 0.29) is 5.41 Å². The van der Waals surface area contributed by atoms with Gasteiger partial charge < -0.3 is 4.90 Å². The SMILES string of the molecule is CC1(C)c2ccccc2-c2ccc(N(c3ccc(-c4ccc5ccccc5c4)cc3)c3ccccc3-c3cccc4cccc(-c5ccccc5)c34)cc21. The van der Waals surface area contributed by atoms with Gasteiger partial charge in [0.1, 0.15) is 0 Å². The zero-order valence-electron chi connectivity index (χ0n) is 30.5. The smallest absolute Gasteiger partial charge is 0.0540 e. The van der Waals surface area contributed by atoms with Gasteiger partial charge in [-0.1, -0.05) is 178 Å². The van der Waals surface area contributed by atoms with Gasteiger partial charge in [-0.25, -0.2) is 0 Å². The number of benzene rings is 9. The molecule has 0 aromatic heterocycles. The Labute approximate surface area is 317 Å². The van der Waals surface area contributed by atoms with Crippen molar-refractivity contribution in [1.29, 1.82) is 0 Å². The first-order valence-corrected chi connectivity index (χ1v) is 18.8. The third-order valence-electron chi connectivity index (χ3n) is 11.5. The van der Waals surface area contributed by atoms with Gasteiger partial charge in [0, 0.05) is 22.4 Å². The van der Waals surface area contributed by atoms with Gasteiger partial charge in [0.15, 0.2) is 0 Å². The van der Waals surface area contributed by atoms with Crippen LogP contribution in [0.25, 0.3) is 66.1 Å². The Morgan fingerprint density at radius 2 is 0.926 bits per heavy atom. The summed E-state index contributed by atoms with van der Waals surface area (Å²) >= 11 is 0. The fourth-order valence-electron chi connectivity index (χ4n) is 8.75. The Morgan fingerprint density at radius 1 is 0.333 bits per heavy atom. The van der Waals surface area contributed by atoms with Crippen LogP contribution in [0.5, 0.6) is 0 Å². The maximum Gasteiger partial charge on any atom is 0.0540 e. The molecule has 0 amide bonds. The van der Waals surface area contributed by atoms with E-state index in [4.69, 9.17) is 0 Å². The first kappa shape index (κ1) is 32.0. The zero-order valence-corrected chi connectivity index (χ0v) is 30.5. The van der Waals surface area contributed by atoms with Crippen molar-refractivity contribution < 1.29 is 0 Å². The second-order valence-electron chi connectivity index (χ2n) is 14.9. The number of para-hydroxylation sites is 1. The molecule has 54 heavy (non-hydrogen) atoms. The number of nitrogens with zero attached hydrogens (tertiary/aromatic N) is 1. The van der Waals surface area contributed by atoms with Crippen LogP contribution in [-0.4, -0.2) is 0 Å². The number of hydrogen-bond donors (Lipinski definition) is 0. The summed E-state index contributed by atoms with van der Waals surface area (Å²) in [5.74, 6) is 0. The van der Waals surface area contributed by atoms with Crippen molar-refractivity contribution in [2.45, 2.75) is 19.3 Å². The predicted octanol–water partition coefficient (Wildman–Crippen LogP) is 14.8. The lowest BCUT2D eigenvalue weighted by molar-refractivity contribution is 0.660. The summed E-state index contributed by atoms with van der Waals surface area (Å²) in [6, 6.07) is 73.5. The highest BCUT2D eigenvalue weighted by molar-refractivity contribution is 6.09. The molecule has 0 fully saturated rings. The second kappa shape index (κ2) is 12.8. The van der Waals surface area contributed by atoms with Crippen LogP contribution in [0.1, 0.15) is 25.0 Å². The molecule has 10 rings (SSSR count). The fourth-order valence-corrected chi connectivity index (χ4v) is 8.75. The molecule has 1 aliphatic carbocycles. The van der Waals surface area contributed by atoms with E-state index in [0.29, 0.717) is 0 Å². The molecule has 9 aromatic carbocycles. The molecule has 256 valence electrons. The van der Waals surface area contributed by atoms with Crippen molar-refractivity contribution >= 4 is 38.6 Å². The van der Waals surface area contributed by atoms with Crippen LogP contribution in [0.15, 0.2) is 200 Å². The quantitative estimate of drug-likeness (QED) is 0.168. The molecule has 0 aliphatic heterocycles. The number of anilines is 3. The van der Waals surface area contributed by atoms with Crippen LogP contribution >= 0.6 is 0 Å². The number of fused-ring (bicyclic) bond motifs is 5. The Balaban J connectivity index is 1.18. The van der Waals surface area contributed by atoms with E-state index in [9.17, 15) is 0 Å². The molecular formula is C53H39N. The van der Waals surface area contributed by atoms with Crippen molar-refractivity contribution in [1.82, 2.24) is 0 Å². The average Bonchev–Trinajstić information content (AvgIpc) is 3.46. The van der Waals surface area contributed by atoms with Gasteiger partial charge in [-0.3, -0.25) is 0 Å². The molecule has 0 radical (unpaired) electrons. The van der Waals surface area contributed by atoms with E-state index in [0.717, 1.165) is 17.1 Å².